The van der Waals surface area contributed by atoms with Crippen LogP contribution in [0.25, 0.3) is 33.8 Å². The summed E-state index contributed by atoms with van der Waals surface area (Å²) in [4.78, 5) is 11.5. The average Bonchev–Trinajstić information content (AvgIpc) is 2.89. The van der Waals surface area contributed by atoms with Crippen molar-refractivity contribution in [2.24, 2.45) is 0 Å². The van der Waals surface area contributed by atoms with Gasteiger partial charge in [-0.15, -0.1) is 0 Å². The van der Waals surface area contributed by atoms with Gasteiger partial charge in [0.1, 0.15) is 17.2 Å². The number of hydrogen-bond acceptors (Lipinski definition) is 4. The SMILES string of the molecule is C=CC(=O)Oc1ccc(-c2cc(-c3ccc(OC)cc3)[o+]c(-c3ccc(OC)cc3)c2)cc1. The molecule has 1 aromatic heterocycles. The van der Waals surface area contributed by atoms with Crippen molar-refractivity contribution in [2.75, 3.05) is 14.2 Å². The number of carbonyl (C=O) groups is 1. The van der Waals surface area contributed by atoms with Gasteiger partial charge in [-0.3, -0.25) is 0 Å². The highest BCUT2D eigenvalue weighted by Gasteiger charge is 2.21. The zero-order valence-electron chi connectivity index (χ0n) is 18.4. The molecule has 0 saturated carbocycles. The molecule has 0 atom stereocenters. The van der Waals surface area contributed by atoms with Crippen LogP contribution in [0.3, 0.4) is 0 Å². The van der Waals surface area contributed by atoms with Gasteiger partial charge in [0.15, 0.2) is 0 Å². The van der Waals surface area contributed by atoms with Crippen molar-refractivity contribution in [3.63, 3.8) is 0 Å². The topological polar surface area (TPSA) is 56.1 Å². The number of benzene rings is 3. The molecule has 5 heteroatoms. The molecule has 0 bridgehead atoms. The van der Waals surface area contributed by atoms with E-state index in [1.165, 1.54) is 0 Å². The number of hydrogen-bond donors (Lipinski definition) is 0. The number of carbonyl (C=O) groups excluding carboxylic acids is 1. The van der Waals surface area contributed by atoms with Crippen molar-refractivity contribution >= 4 is 5.97 Å². The second-order valence-electron chi connectivity index (χ2n) is 7.18. The first-order valence-corrected chi connectivity index (χ1v) is 10.3. The van der Waals surface area contributed by atoms with E-state index in [0.29, 0.717) is 17.3 Å². The molecule has 0 radical (unpaired) electrons. The van der Waals surface area contributed by atoms with E-state index in [0.717, 1.165) is 39.8 Å². The molecule has 0 aliphatic rings. The van der Waals surface area contributed by atoms with E-state index in [1.54, 1.807) is 26.4 Å². The van der Waals surface area contributed by atoms with E-state index in [2.05, 4.69) is 6.58 Å². The van der Waals surface area contributed by atoms with E-state index >= 15 is 0 Å². The summed E-state index contributed by atoms with van der Waals surface area (Å²) in [6.07, 6.45) is 1.13. The van der Waals surface area contributed by atoms with Gasteiger partial charge < -0.3 is 14.2 Å². The van der Waals surface area contributed by atoms with Crippen LogP contribution in [-0.4, -0.2) is 20.2 Å². The molecule has 0 spiro atoms. The summed E-state index contributed by atoms with van der Waals surface area (Å²) in [6.45, 7) is 3.42. The van der Waals surface area contributed by atoms with E-state index in [-0.39, 0.29) is 0 Å². The van der Waals surface area contributed by atoms with Gasteiger partial charge in [0.25, 0.3) is 0 Å². The Morgan fingerprint density at radius 1 is 0.667 bits per heavy atom. The second-order valence-corrected chi connectivity index (χ2v) is 7.18. The van der Waals surface area contributed by atoms with Gasteiger partial charge in [-0.05, 0) is 66.2 Å². The van der Waals surface area contributed by atoms with Crippen molar-refractivity contribution in [1.82, 2.24) is 0 Å². The average molecular weight is 439 g/mol. The minimum absolute atomic E-state index is 0.454. The molecule has 0 saturated heterocycles. The number of esters is 1. The molecule has 164 valence electrons. The third-order valence-electron chi connectivity index (χ3n) is 5.11. The second kappa shape index (κ2) is 9.83. The van der Waals surface area contributed by atoms with Gasteiger partial charge >= 0.3 is 17.5 Å². The summed E-state index contributed by atoms with van der Waals surface area (Å²) >= 11 is 0. The lowest BCUT2D eigenvalue weighted by atomic mass is 10.0. The smallest absolute Gasteiger partial charge is 0.361 e. The minimum Gasteiger partial charge on any atom is -0.497 e. The van der Waals surface area contributed by atoms with Crippen LogP contribution in [0.1, 0.15) is 0 Å². The van der Waals surface area contributed by atoms with Gasteiger partial charge in [0.05, 0.1) is 37.5 Å². The van der Waals surface area contributed by atoms with Crippen LogP contribution in [-0.2, 0) is 4.79 Å². The van der Waals surface area contributed by atoms with Gasteiger partial charge in [0, 0.05) is 11.6 Å². The van der Waals surface area contributed by atoms with Crippen LogP contribution in [0.4, 0.5) is 0 Å². The quantitative estimate of drug-likeness (QED) is 0.139. The Labute approximate surface area is 192 Å². The fourth-order valence-corrected chi connectivity index (χ4v) is 3.34. The first kappa shape index (κ1) is 21.8. The molecule has 4 rings (SSSR count). The van der Waals surface area contributed by atoms with Crippen molar-refractivity contribution in [1.29, 1.82) is 0 Å². The van der Waals surface area contributed by atoms with E-state index in [4.69, 9.17) is 18.6 Å². The Balaban J connectivity index is 1.77. The molecular formula is C28H23O5+. The lowest BCUT2D eigenvalue weighted by molar-refractivity contribution is -0.128. The maximum absolute atomic E-state index is 11.5. The monoisotopic (exact) mass is 439 g/mol. The Kier molecular flexibility index (Phi) is 6.51. The van der Waals surface area contributed by atoms with Gasteiger partial charge in [0.2, 0.25) is 0 Å². The zero-order valence-corrected chi connectivity index (χ0v) is 18.4. The molecule has 4 aromatic rings. The zero-order chi connectivity index (χ0) is 23.2. The predicted molar refractivity (Wildman–Crippen MR) is 128 cm³/mol. The number of ether oxygens (including phenoxy) is 3. The largest absolute Gasteiger partial charge is 0.497 e. The molecule has 0 aliphatic carbocycles. The first-order chi connectivity index (χ1) is 16.1. The lowest BCUT2D eigenvalue weighted by Gasteiger charge is -2.05. The summed E-state index contributed by atoms with van der Waals surface area (Å²) in [6, 6.07) is 26.7. The standard InChI is InChI=1S/C28H23O5/c1-4-28(29)32-25-15-5-19(6-16-25)22-17-26(20-7-11-23(30-2)12-8-20)33-27(18-22)21-9-13-24(31-3)14-10-21/h4-18H,1H2,2-3H3/q+1. The maximum Gasteiger partial charge on any atom is 0.361 e. The van der Waals surface area contributed by atoms with Crippen molar-refractivity contribution in [3.05, 3.63) is 97.6 Å². The molecule has 0 aliphatic heterocycles. The molecule has 3 aromatic carbocycles. The van der Waals surface area contributed by atoms with Gasteiger partial charge in [-0.1, -0.05) is 18.7 Å². The van der Waals surface area contributed by atoms with E-state index in [1.807, 2.05) is 72.8 Å². The fourth-order valence-electron chi connectivity index (χ4n) is 3.34. The molecule has 5 nitrogen and oxygen atoms in total. The van der Waals surface area contributed by atoms with Crippen molar-refractivity contribution < 1.29 is 23.4 Å². The highest BCUT2D eigenvalue weighted by atomic mass is 16.5. The summed E-state index contributed by atoms with van der Waals surface area (Å²) in [7, 11) is 3.27. The predicted octanol–water partition coefficient (Wildman–Crippen LogP) is 6.67. The molecule has 0 unspecified atom stereocenters. The van der Waals surface area contributed by atoms with Crippen LogP contribution in [0.15, 0.2) is 102 Å². The summed E-state index contributed by atoms with van der Waals surface area (Å²) < 4.78 is 22.0. The van der Waals surface area contributed by atoms with E-state index in [9.17, 15) is 4.79 Å². The van der Waals surface area contributed by atoms with Crippen molar-refractivity contribution in [3.8, 4) is 51.0 Å². The third-order valence-corrected chi connectivity index (χ3v) is 5.11. The Morgan fingerprint density at radius 2 is 1.09 bits per heavy atom. The number of methoxy groups -OCH3 is 2. The van der Waals surface area contributed by atoms with E-state index < -0.39 is 5.97 Å². The normalized spacial score (nSPS) is 10.4. The Hall–Kier alpha value is -4.38. The van der Waals surface area contributed by atoms with Crippen LogP contribution >= 0.6 is 0 Å². The van der Waals surface area contributed by atoms with Gasteiger partial charge in [-0.25, -0.2) is 9.21 Å². The molecule has 1 heterocycles. The molecule has 0 amide bonds. The number of rotatable bonds is 7. The molecule has 0 N–H and O–H groups in total. The molecule has 0 fully saturated rings. The molecular weight excluding hydrogens is 416 g/mol. The fraction of sp³-hybridized carbons (Fsp3) is 0.0714. The Bertz CT molecular complexity index is 1190. The summed E-state index contributed by atoms with van der Waals surface area (Å²) in [5.74, 6) is 2.93. The van der Waals surface area contributed by atoms with Gasteiger partial charge in [-0.2, -0.15) is 0 Å². The van der Waals surface area contributed by atoms with Crippen LogP contribution in [0.5, 0.6) is 17.2 Å². The van der Waals surface area contributed by atoms with Crippen LogP contribution < -0.4 is 14.2 Å². The Morgan fingerprint density at radius 3 is 1.52 bits per heavy atom. The van der Waals surface area contributed by atoms with Crippen LogP contribution in [0, 0.1) is 0 Å². The summed E-state index contributed by atoms with van der Waals surface area (Å²) in [5, 5.41) is 0. The maximum atomic E-state index is 11.5. The lowest BCUT2D eigenvalue weighted by Crippen LogP contribution is -2.02. The summed E-state index contributed by atoms with van der Waals surface area (Å²) in [5.41, 5.74) is 3.75. The minimum atomic E-state index is -0.496. The van der Waals surface area contributed by atoms with Crippen LogP contribution in [0.2, 0.25) is 0 Å². The third kappa shape index (κ3) is 5.10. The highest BCUT2D eigenvalue weighted by Crippen LogP contribution is 2.34. The first-order valence-electron chi connectivity index (χ1n) is 10.3. The van der Waals surface area contributed by atoms with Crippen molar-refractivity contribution in [2.45, 2.75) is 0 Å². The molecule has 33 heavy (non-hydrogen) atoms. The highest BCUT2D eigenvalue weighted by molar-refractivity contribution is 5.83.